The first-order valence-electron chi connectivity index (χ1n) is 10.8. The van der Waals surface area contributed by atoms with Crippen molar-refractivity contribution >= 4 is 39.3 Å². The van der Waals surface area contributed by atoms with Crippen molar-refractivity contribution in [3.63, 3.8) is 0 Å². The van der Waals surface area contributed by atoms with Crippen LogP contribution >= 0.6 is 27.7 Å². The number of rotatable bonds is 6. The van der Waals surface area contributed by atoms with Crippen molar-refractivity contribution in [1.82, 2.24) is 4.90 Å². The van der Waals surface area contributed by atoms with Crippen molar-refractivity contribution in [2.24, 2.45) is 0 Å². The molecule has 5 nitrogen and oxygen atoms in total. The Balaban J connectivity index is 1.60. The lowest BCUT2D eigenvalue weighted by Crippen LogP contribution is -2.47. The van der Waals surface area contributed by atoms with Gasteiger partial charge >= 0.3 is 0 Å². The number of methoxy groups -OCH3 is 1. The molecule has 0 aliphatic carbocycles. The topological polar surface area (TPSA) is 56.6 Å². The second-order valence-corrected chi connectivity index (χ2v) is 9.87. The minimum atomic E-state index is -0.303. The van der Waals surface area contributed by atoms with Crippen LogP contribution in [-0.2, 0) is 11.2 Å². The van der Waals surface area contributed by atoms with Crippen LogP contribution in [0, 0.1) is 11.3 Å². The quantitative estimate of drug-likeness (QED) is 0.474. The average Bonchev–Trinajstić information content (AvgIpc) is 2.82. The van der Waals surface area contributed by atoms with Gasteiger partial charge in [0.25, 0.3) is 0 Å². The molecule has 166 valence electrons. The van der Waals surface area contributed by atoms with E-state index in [4.69, 9.17) is 4.74 Å². The number of carbonyl (C=O) groups excluding carboxylic acids is 1. The lowest BCUT2D eigenvalue weighted by molar-refractivity contribution is -0.129. The Hall–Kier alpha value is -2.43. The summed E-state index contributed by atoms with van der Waals surface area (Å²) in [7, 11) is 1.61. The van der Waals surface area contributed by atoms with E-state index < -0.39 is 0 Å². The van der Waals surface area contributed by atoms with Crippen LogP contribution in [0.2, 0.25) is 0 Å². The highest BCUT2D eigenvalue weighted by atomic mass is 79.9. The molecule has 1 unspecified atom stereocenters. The Morgan fingerprint density at radius 2 is 2.03 bits per heavy atom. The molecule has 2 aromatic carbocycles. The molecule has 0 aromatic heterocycles. The number of hydrogen-bond acceptors (Lipinski definition) is 5. The third-order valence-electron chi connectivity index (χ3n) is 5.98. The Morgan fingerprint density at radius 3 is 2.72 bits per heavy atom. The van der Waals surface area contributed by atoms with E-state index >= 15 is 0 Å². The molecule has 0 saturated carbocycles. The predicted molar refractivity (Wildman–Crippen MR) is 132 cm³/mol. The zero-order valence-electron chi connectivity index (χ0n) is 18.3. The second-order valence-electron chi connectivity index (χ2n) is 8.02. The molecule has 0 radical (unpaired) electrons. The first kappa shape index (κ1) is 22.8. The van der Waals surface area contributed by atoms with Gasteiger partial charge in [-0.25, -0.2) is 0 Å². The summed E-state index contributed by atoms with van der Waals surface area (Å²) in [5.74, 6) is 1.12. The van der Waals surface area contributed by atoms with E-state index in [1.54, 1.807) is 23.8 Å². The number of hydrogen-bond donors (Lipinski definition) is 0. The van der Waals surface area contributed by atoms with Gasteiger partial charge in [-0.3, -0.25) is 9.69 Å². The van der Waals surface area contributed by atoms with Gasteiger partial charge in [0.05, 0.1) is 36.3 Å². The number of unbranched alkanes of at least 4 members (excludes halogenated alkanes) is 1. The number of aryl methyl sites for hydroxylation is 1. The number of thioether (sulfide) groups is 1. The molecule has 2 aromatic rings. The fourth-order valence-corrected chi connectivity index (χ4v) is 5.77. The predicted octanol–water partition coefficient (Wildman–Crippen LogP) is 6.02. The number of carbonyl (C=O) groups is 1. The first-order chi connectivity index (χ1) is 15.5. The van der Waals surface area contributed by atoms with Crippen molar-refractivity contribution in [3.8, 4) is 11.8 Å². The van der Waals surface area contributed by atoms with Gasteiger partial charge in [-0.05, 0) is 48.7 Å². The van der Waals surface area contributed by atoms with Gasteiger partial charge in [0.2, 0.25) is 5.91 Å². The highest BCUT2D eigenvalue weighted by Crippen LogP contribution is 2.45. The monoisotopic (exact) mass is 511 g/mol. The summed E-state index contributed by atoms with van der Waals surface area (Å²) >= 11 is 5.07. The third-order valence-corrected chi connectivity index (χ3v) is 7.63. The lowest BCUT2D eigenvalue weighted by atomic mass is 9.86. The van der Waals surface area contributed by atoms with Crippen molar-refractivity contribution in [1.29, 1.82) is 5.26 Å². The molecule has 2 aliphatic heterocycles. The second kappa shape index (κ2) is 10.0. The largest absolute Gasteiger partial charge is 0.496 e. The maximum atomic E-state index is 13.2. The first-order valence-corrected chi connectivity index (χ1v) is 12.6. The van der Waals surface area contributed by atoms with Crippen LogP contribution < -0.4 is 9.64 Å². The number of anilines is 1. The molecule has 0 bridgehead atoms. The molecule has 0 spiro atoms. The third kappa shape index (κ3) is 4.53. The Morgan fingerprint density at radius 1 is 1.25 bits per heavy atom. The molecule has 1 amide bonds. The summed E-state index contributed by atoms with van der Waals surface area (Å²) in [6.07, 6.45) is 3.72. The van der Waals surface area contributed by atoms with E-state index in [1.165, 1.54) is 18.4 Å². The number of halogens is 1. The van der Waals surface area contributed by atoms with Gasteiger partial charge in [-0.15, -0.1) is 0 Å². The number of nitrogens with zero attached hydrogens (tertiary/aromatic N) is 3. The van der Waals surface area contributed by atoms with E-state index in [9.17, 15) is 10.1 Å². The standard InChI is InChI=1S/C25H26BrN3O2S/c1-3-4-5-17-6-9-19(10-7-17)28-15-29-24(30)13-20(22(14-27)25(29)32-16-28)21-12-18(26)8-11-23(21)31-2/h6-12,20H,3-5,13,15-16H2,1-2H3. The fraction of sp³-hybridized carbons (Fsp3) is 0.360. The minimum Gasteiger partial charge on any atom is -0.496 e. The van der Waals surface area contributed by atoms with Gasteiger partial charge < -0.3 is 9.64 Å². The molecule has 4 rings (SSSR count). The number of fused-ring (bicyclic) bond motifs is 1. The number of benzene rings is 2. The molecule has 7 heteroatoms. The van der Waals surface area contributed by atoms with Crippen LogP contribution in [0.4, 0.5) is 5.69 Å². The Bertz CT molecular complexity index is 1080. The number of allylic oxidation sites excluding steroid dienone is 1. The molecule has 32 heavy (non-hydrogen) atoms. The molecular formula is C25H26BrN3O2S. The molecule has 2 heterocycles. The summed E-state index contributed by atoms with van der Waals surface area (Å²) in [4.78, 5) is 17.1. The number of ether oxygens (including phenoxy) is 1. The normalized spacial score (nSPS) is 18.4. The molecule has 0 N–H and O–H groups in total. The fourth-order valence-electron chi connectivity index (χ4n) is 4.22. The van der Waals surface area contributed by atoms with Crippen molar-refractivity contribution < 1.29 is 9.53 Å². The van der Waals surface area contributed by atoms with Gasteiger partial charge in [0.1, 0.15) is 5.75 Å². The Kier molecular flexibility index (Phi) is 7.12. The van der Waals surface area contributed by atoms with Crippen LogP contribution in [0.25, 0.3) is 0 Å². The summed E-state index contributed by atoms with van der Waals surface area (Å²) in [5.41, 5.74) is 3.94. The van der Waals surface area contributed by atoms with Gasteiger partial charge in [-0.1, -0.05) is 53.2 Å². The van der Waals surface area contributed by atoms with Crippen LogP contribution in [0.3, 0.4) is 0 Å². The van der Waals surface area contributed by atoms with Crippen LogP contribution in [0.5, 0.6) is 5.75 Å². The van der Waals surface area contributed by atoms with Crippen molar-refractivity contribution in [2.75, 3.05) is 24.6 Å². The van der Waals surface area contributed by atoms with Crippen LogP contribution in [0.15, 0.2) is 57.5 Å². The lowest BCUT2D eigenvalue weighted by Gasteiger charge is -2.42. The Labute approximate surface area is 202 Å². The van der Waals surface area contributed by atoms with Gasteiger partial charge in [0, 0.05) is 28.1 Å². The minimum absolute atomic E-state index is 0.0304. The number of amides is 1. The van der Waals surface area contributed by atoms with Gasteiger partial charge in [-0.2, -0.15) is 5.26 Å². The smallest absolute Gasteiger partial charge is 0.229 e. The highest BCUT2D eigenvalue weighted by Gasteiger charge is 2.39. The van der Waals surface area contributed by atoms with E-state index in [1.807, 2.05) is 18.2 Å². The van der Waals surface area contributed by atoms with Gasteiger partial charge in [0.15, 0.2) is 0 Å². The molecule has 1 atom stereocenters. The zero-order chi connectivity index (χ0) is 22.7. The molecule has 1 saturated heterocycles. The van der Waals surface area contributed by atoms with Crippen molar-refractivity contribution in [3.05, 3.63) is 68.7 Å². The molecular weight excluding hydrogens is 486 g/mol. The van der Waals surface area contributed by atoms with E-state index in [-0.39, 0.29) is 18.2 Å². The summed E-state index contributed by atoms with van der Waals surface area (Å²) in [6, 6.07) is 16.7. The van der Waals surface area contributed by atoms with E-state index in [0.29, 0.717) is 23.9 Å². The maximum absolute atomic E-state index is 13.2. The van der Waals surface area contributed by atoms with Crippen molar-refractivity contribution in [2.45, 2.75) is 38.5 Å². The summed E-state index contributed by atoms with van der Waals surface area (Å²) in [6.45, 7) is 2.66. The highest BCUT2D eigenvalue weighted by molar-refractivity contribution is 9.10. The van der Waals surface area contributed by atoms with E-state index in [0.717, 1.165) is 27.2 Å². The average molecular weight is 512 g/mol. The van der Waals surface area contributed by atoms with Crippen LogP contribution in [-0.4, -0.2) is 30.5 Å². The van der Waals surface area contributed by atoms with Crippen LogP contribution in [0.1, 0.15) is 43.2 Å². The van der Waals surface area contributed by atoms with E-state index in [2.05, 4.69) is 58.1 Å². The SMILES string of the molecule is CCCCc1ccc(N2CSC3=C(C#N)C(c4cc(Br)ccc4OC)CC(=O)N3C2)cc1. The maximum Gasteiger partial charge on any atom is 0.229 e. The molecule has 1 fully saturated rings. The molecule has 2 aliphatic rings. The summed E-state index contributed by atoms with van der Waals surface area (Å²) < 4.78 is 6.43. The summed E-state index contributed by atoms with van der Waals surface area (Å²) in [5, 5.41) is 10.8. The zero-order valence-corrected chi connectivity index (χ0v) is 20.7. The number of nitriles is 1.